The van der Waals surface area contributed by atoms with Gasteiger partial charge in [-0.05, 0) is 19.3 Å². The molecule has 1 fully saturated rings. The maximum Gasteiger partial charge on any atom is 0.222 e. The highest BCUT2D eigenvalue weighted by atomic mass is 15.3. The highest BCUT2D eigenvalue weighted by Crippen LogP contribution is 2.35. The third-order valence-corrected chi connectivity index (χ3v) is 4.27. The summed E-state index contributed by atoms with van der Waals surface area (Å²) in [5.74, 6) is 2.42. The van der Waals surface area contributed by atoms with Crippen LogP contribution in [0.25, 0.3) is 0 Å². The van der Waals surface area contributed by atoms with Crippen molar-refractivity contribution in [3.05, 3.63) is 23.9 Å². The van der Waals surface area contributed by atoms with E-state index in [1.165, 1.54) is 0 Å². The molecule has 23 heavy (non-hydrogen) atoms. The molecule has 1 saturated carbocycles. The summed E-state index contributed by atoms with van der Waals surface area (Å²) in [7, 11) is 1.98. The van der Waals surface area contributed by atoms with Crippen LogP contribution in [0.5, 0.6) is 0 Å². The van der Waals surface area contributed by atoms with Crippen molar-refractivity contribution in [3.63, 3.8) is 0 Å². The Morgan fingerprint density at radius 1 is 1.35 bits per heavy atom. The zero-order valence-corrected chi connectivity index (χ0v) is 13.7. The van der Waals surface area contributed by atoms with E-state index >= 15 is 0 Å². The van der Waals surface area contributed by atoms with Crippen LogP contribution in [0.4, 0.5) is 11.8 Å². The number of nitrogens with zero attached hydrogens (tertiary/aromatic N) is 6. The highest BCUT2D eigenvalue weighted by molar-refractivity contribution is 5.44. The fraction of sp³-hybridized carbons (Fsp3) is 0.600. The number of aromatic nitrogens is 5. The van der Waals surface area contributed by atoms with E-state index in [2.05, 4.69) is 31.7 Å². The number of anilines is 2. The molecule has 0 saturated heterocycles. The summed E-state index contributed by atoms with van der Waals surface area (Å²) in [6.45, 7) is 3.67. The largest absolute Gasteiger partial charge is 0.368 e. The molecule has 0 aromatic carbocycles. The van der Waals surface area contributed by atoms with Crippen molar-refractivity contribution in [2.75, 3.05) is 17.7 Å². The smallest absolute Gasteiger partial charge is 0.222 e. The molecule has 2 heterocycles. The maximum absolute atomic E-state index is 5.89. The summed E-state index contributed by atoms with van der Waals surface area (Å²) < 4.78 is 2.06. The van der Waals surface area contributed by atoms with Gasteiger partial charge in [0.1, 0.15) is 12.1 Å². The maximum atomic E-state index is 5.89. The van der Waals surface area contributed by atoms with Crippen molar-refractivity contribution in [1.82, 2.24) is 24.7 Å². The second-order valence-electron chi connectivity index (χ2n) is 6.23. The van der Waals surface area contributed by atoms with Gasteiger partial charge >= 0.3 is 0 Å². The lowest BCUT2D eigenvalue weighted by atomic mass is 9.78. The average Bonchev–Trinajstić information content (AvgIpc) is 2.91. The van der Waals surface area contributed by atoms with E-state index in [9.17, 15) is 0 Å². The van der Waals surface area contributed by atoms with Gasteiger partial charge in [-0.2, -0.15) is 4.98 Å². The first-order valence-corrected chi connectivity index (χ1v) is 8.04. The summed E-state index contributed by atoms with van der Waals surface area (Å²) in [4.78, 5) is 10.7. The van der Waals surface area contributed by atoms with Crippen LogP contribution in [-0.2, 0) is 13.1 Å². The molecule has 1 aliphatic rings. The van der Waals surface area contributed by atoms with Gasteiger partial charge in [0.05, 0.1) is 12.2 Å². The lowest BCUT2D eigenvalue weighted by Gasteiger charge is -2.32. The number of nitrogens with two attached hydrogens (primary N) is 2. The van der Waals surface area contributed by atoms with Crippen LogP contribution < -0.4 is 16.4 Å². The first-order chi connectivity index (χ1) is 11.1. The number of aryl methyl sites for hydroxylation is 1. The summed E-state index contributed by atoms with van der Waals surface area (Å²) in [6, 6.07) is 2.29. The summed E-state index contributed by atoms with van der Waals surface area (Å²) in [5, 5.41) is 8.19. The molecule has 2 aromatic rings. The molecule has 0 radical (unpaired) electrons. The second-order valence-corrected chi connectivity index (χ2v) is 6.23. The average molecular weight is 316 g/mol. The molecule has 8 heteroatoms. The molecule has 0 unspecified atom stereocenters. The Morgan fingerprint density at radius 2 is 2.13 bits per heavy atom. The molecule has 4 N–H and O–H groups in total. The third-order valence-electron chi connectivity index (χ3n) is 4.27. The van der Waals surface area contributed by atoms with Gasteiger partial charge in [0.2, 0.25) is 5.95 Å². The van der Waals surface area contributed by atoms with Crippen molar-refractivity contribution >= 4 is 11.8 Å². The lowest BCUT2D eigenvalue weighted by molar-refractivity contribution is 0.345. The Kier molecular flexibility index (Phi) is 4.42. The van der Waals surface area contributed by atoms with Crippen LogP contribution in [0.15, 0.2) is 12.4 Å². The van der Waals surface area contributed by atoms with E-state index in [1.54, 1.807) is 6.33 Å². The molecule has 124 valence electrons. The molecule has 8 nitrogen and oxygen atoms in total. The molecular weight excluding hydrogens is 292 g/mol. The van der Waals surface area contributed by atoms with E-state index in [0.717, 1.165) is 43.1 Å². The summed E-state index contributed by atoms with van der Waals surface area (Å²) >= 11 is 0. The first kappa shape index (κ1) is 15.7. The minimum Gasteiger partial charge on any atom is -0.368 e. The standard InChI is InChI=1S/C15H24N8/c1-3-4-23-9-18-21-14(23)8-22(2)13-7-12(19-15(17)20-13)10-5-11(16)6-10/h7,9-11H,3-6,8,16H2,1-2H3,(H2,17,19,20). The SMILES string of the molecule is CCCn1cnnc1CN(C)c1cc(C2CC(N)C2)nc(N)n1. The second kappa shape index (κ2) is 6.49. The van der Waals surface area contributed by atoms with Gasteiger partial charge in [-0.3, -0.25) is 0 Å². The minimum atomic E-state index is 0.282. The van der Waals surface area contributed by atoms with Crippen molar-refractivity contribution < 1.29 is 0 Å². The molecular formula is C15H24N8. The van der Waals surface area contributed by atoms with Gasteiger partial charge in [-0.1, -0.05) is 6.92 Å². The summed E-state index contributed by atoms with van der Waals surface area (Å²) in [6.07, 6.45) is 4.73. The molecule has 1 aliphatic carbocycles. The highest BCUT2D eigenvalue weighted by Gasteiger charge is 2.29. The Hall–Kier alpha value is -2.22. The van der Waals surface area contributed by atoms with Crippen LogP contribution in [0, 0.1) is 0 Å². The number of hydrogen-bond acceptors (Lipinski definition) is 7. The fourth-order valence-electron chi connectivity index (χ4n) is 2.90. The molecule has 0 aliphatic heterocycles. The Balaban J connectivity index is 1.76. The molecule has 0 spiro atoms. The van der Waals surface area contributed by atoms with E-state index in [1.807, 2.05) is 18.0 Å². The zero-order valence-electron chi connectivity index (χ0n) is 13.7. The van der Waals surface area contributed by atoms with Crippen molar-refractivity contribution in [2.45, 2.75) is 51.2 Å². The van der Waals surface area contributed by atoms with E-state index in [0.29, 0.717) is 18.4 Å². The molecule has 3 rings (SSSR count). The van der Waals surface area contributed by atoms with Crippen molar-refractivity contribution in [2.24, 2.45) is 5.73 Å². The molecule has 0 amide bonds. The molecule has 2 aromatic heterocycles. The third kappa shape index (κ3) is 3.42. The van der Waals surface area contributed by atoms with Gasteiger partial charge in [-0.15, -0.1) is 10.2 Å². The Labute approximate surface area is 135 Å². The van der Waals surface area contributed by atoms with Crippen LogP contribution in [0.3, 0.4) is 0 Å². The van der Waals surface area contributed by atoms with Crippen LogP contribution in [-0.4, -0.2) is 37.8 Å². The molecule has 0 bridgehead atoms. The number of hydrogen-bond donors (Lipinski definition) is 2. The van der Waals surface area contributed by atoms with Crippen LogP contribution in [0.2, 0.25) is 0 Å². The van der Waals surface area contributed by atoms with Gasteiger partial charge in [0, 0.05) is 31.6 Å². The topological polar surface area (TPSA) is 112 Å². The predicted octanol–water partition coefficient (Wildman–Crippen LogP) is 0.901. The monoisotopic (exact) mass is 316 g/mol. The lowest BCUT2D eigenvalue weighted by Crippen LogP contribution is -2.35. The van der Waals surface area contributed by atoms with Gasteiger partial charge < -0.3 is 20.9 Å². The van der Waals surface area contributed by atoms with Gasteiger partial charge in [0.15, 0.2) is 5.82 Å². The van der Waals surface area contributed by atoms with Gasteiger partial charge in [-0.25, -0.2) is 4.98 Å². The Bertz CT molecular complexity index is 661. The first-order valence-electron chi connectivity index (χ1n) is 8.04. The van der Waals surface area contributed by atoms with Gasteiger partial charge in [0.25, 0.3) is 0 Å². The van der Waals surface area contributed by atoms with E-state index in [4.69, 9.17) is 11.5 Å². The molecule has 0 atom stereocenters. The normalized spacial score (nSPS) is 20.3. The number of rotatable bonds is 6. The van der Waals surface area contributed by atoms with Crippen LogP contribution >= 0.6 is 0 Å². The van der Waals surface area contributed by atoms with E-state index < -0.39 is 0 Å². The minimum absolute atomic E-state index is 0.282. The fourth-order valence-corrected chi connectivity index (χ4v) is 2.90. The zero-order chi connectivity index (χ0) is 16.4. The quantitative estimate of drug-likeness (QED) is 0.814. The van der Waals surface area contributed by atoms with Crippen molar-refractivity contribution in [3.8, 4) is 0 Å². The number of nitrogen functional groups attached to an aromatic ring is 1. The summed E-state index contributed by atoms with van der Waals surface area (Å²) in [5.41, 5.74) is 12.7. The van der Waals surface area contributed by atoms with E-state index in [-0.39, 0.29) is 6.04 Å². The van der Waals surface area contributed by atoms with Crippen molar-refractivity contribution in [1.29, 1.82) is 0 Å². The van der Waals surface area contributed by atoms with Crippen LogP contribution in [0.1, 0.15) is 43.6 Å². The Morgan fingerprint density at radius 3 is 2.83 bits per heavy atom. The predicted molar refractivity (Wildman–Crippen MR) is 88.8 cm³/mol.